The third-order valence-electron chi connectivity index (χ3n) is 6.91. The molecule has 0 radical (unpaired) electrons. The average Bonchev–Trinajstić information content (AvgIpc) is 3.45. The lowest BCUT2D eigenvalue weighted by molar-refractivity contribution is -0.145. The minimum Gasteiger partial charge on any atom is -0.353 e. The normalized spacial score (nSPS) is 14.5. The lowest BCUT2D eigenvalue weighted by Gasteiger charge is -2.32. The summed E-state index contributed by atoms with van der Waals surface area (Å²) in [5.41, 5.74) is 4.76. The first-order chi connectivity index (χ1) is 17.3. The Bertz CT molecular complexity index is 1170. The summed E-state index contributed by atoms with van der Waals surface area (Å²) in [5.74, 6) is -0.534. The van der Waals surface area contributed by atoms with E-state index in [9.17, 15) is 18.8 Å². The molecule has 0 saturated heterocycles. The molecule has 1 aliphatic heterocycles. The van der Waals surface area contributed by atoms with Crippen molar-refractivity contribution in [3.8, 4) is 0 Å². The van der Waals surface area contributed by atoms with Gasteiger partial charge in [-0.1, -0.05) is 19.1 Å². The number of fused-ring (bicyclic) bond motifs is 2. The Morgan fingerprint density at radius 2 is 1.89 bits per heavy atom. The fourth-order valence-electron chi connectivity index (χ4n) is 4.85. The third kappa shape index (κ3) is 5.57. The zero-order valence-electron chi connectivity index (χ0n) is 21.2. The van der Waals surface area contributed by atoms with Gasteiger partial charge in [0.1, 0.15) is 5.82 Å². The first kappa shape index (κ1) is 25.8. The molecule has 8 nitrogen and oxygen atoms in total. The molecule has 0 bridgehead atoms. The minimum atomic E-state index is -0.268. The van der Waals surface area contributed by atoms with Gasteiger partial charge in [-0.25, -0.2) is 9.40 Å². The molecule has 0 unspecified atom stereocenters. The van der Waals surface area contributed by atoms with Gasteiger partial charge in [0.2, 0.25) is 5.91 Å². The summed E-state index contributed by atoms with van der Waals surface area (Å²) >= 11 is 0. The number of likely N-dealkylation sites (N-methyl/N-ethyl adjacent to an activating group) is 2. The molecular formula is C27H34FN5O3. The SMILES string of the molecule is CCNCCNC(=O)CN(CC(=O)N(C)N1Cc2cccc(F)c2C1)c1cc2c(cc1C)C(=O)CC2. The molecule has 2 aliphatic rings. The van der Waals surface area contributed by atoms with Crippen molar-refractivity contribution in [2.24, 2.45) is 0 Å². The summed E-state index contributed by atoms with van der Waals surface area (Å²) < 4.78 is 14.2. The molecule has 0 fully saturated rings. The molecule has 9 heteroatoms. The smallest absolute Gasteiger partial charge is 0.256 e. The molecule has 0 saturated carbocycles. The highest BCUT2D eigenvalue weighted by Gasteiger charge is 2.29. The molecule has 2 N–H and O–H groups in total. The number of hydrogen-bond donors (Lipinski definition) is 2. The Hall–Kier alpha value is -3.30. The van der Waals surface area contributed by atoms with Crippen molar-refractivity contribution in [3.05, 3.63) is 64.0 Å². The van der Waals surface area contributed by atoms with Crippen LogP contribution in [-0.4, -0.2) is 67.4 Å². The zero-order valence-corrected chi connectivity index (χ0v) is 21.2. The Morgan fingerprint density at radius 1 is 1.08 bits per heavy atom. The van der Waals surface area contributed by atoms with E-state index >= 15 is 0 Å². The Morgan fingerprint density at radius 3 is 2.64 bits per heavy atom. The summed E-state index contributed by atoms with van der Waals surface area (Å²) in [7, 11) is 1.68. The second-order valence-corrected chi connectivity index (χ2v) is 9.40. The predicted octanol–water partition coefficient (Wildman–Crippen LogP) is 2.18. The maximum atomic E-state index is 14.2. The second kappa shape index (κ2) is 11.2. The van der Waals surface area contributed by atoms with Gasteiger partial charge in [-0.05, 0) is 54.8 Å². The number of hydrogen-bond acceptors (Lipinski definition) is 6. The second-order valence-electron chi connectivity index (χ2n) is 9.40. The van der Waals surface area contributed by atoms with Gasteiger partial charge in [0.25, 0.3) is 5.91 Å². The van der Waals surface area contributed by atoms with Gasteiger partial charge in [-0.2, -0.15) is 0 Å². The van der Waals surface area contributed by atoms with Crippen LogP contribution in [0, 0.1) is 12.7 Å². The van der Waals surface area contributed by atoms with Crippen molar-refractivity contribution < 1.29 is 18.8 Å². The summed E-state index contributed by atoms with van der Waals surface area (Å²) in [6.07, 6.45) is 1.15. The number of nitrogens with one attached hydrogen (secondary N) is 2. The van der Waals surface area contributed by atoms with Crippen LogP contribution in [0.3, 0.4) is 0 Å². The molecule has 1 aliphatic carbocycles. The first-order valence-corrected chi connectivity index (χ1v) is 12.4. The number of hydrazine groups is 1. The molecule has 2 aromatic carbocycles. The van der Waals surface area contributed by atoms with Crippen molar-refractivity contribution in [2.45, 2.75) is 39.8 Å². The molecule has 0 aromatic heterocycles. The van der Waals surface area contributed by atoms with Crippen LogP contribution in [-0.2, 0) is 29.1 Å². The van der Waals surface area contributed by atoms with Crippen LogP contribution in [0.2, 0.25) is 0 Å². The number of carbonyl (C=O) groups is 3. The number of Topliss-reactive ketones (excluding diaryl/α,β-unsaturated/α-hetero) is 1. The standard InChI is InChI=1S/C27H34FN5O3/c1-4-29-10-11-30-26(35)16-32(24-13-19-8-9-25(34)21(19)12-18(24)2)17-27(36)31(3)33-14-20-6-5-7-23(28)22(20)15-33/h5-7,12-13,29H,4,8-11,14-17H2,1-3H3,(H,30,35). The summed E-state index contributed by atoms with van der Waals surface area (Å²) in [6.45, 7) is 6.61. The van der Waals surface area contributed by atoms with Crippen LogP contribution < -0.4 is 15.5 Å². The number of halogens is 1. The number of ketones is 1. The highest BCUT2D eigenvalue weighted by atomic mass is 19.1. The highest BCUT2D eigenvalue weighted by molar-refractivity contribution is 6.01. The van der Waals surface area contributed by atoms with Gasteiger partial charge in [-0.3, -0.25) is 19.4 Å². The van der Waals surface area contributed by atoms with E-state index in [-0.39, 0.29) is 36.5 Å². The Kier molecular flexibility index (Phi) is 8.01. The third-order valence-corrected chi connectivity index (χ3v) is 6.91. The highest BCUT2D eigenvalue weighted by Crippen LogP contribution is 2.31. The van der Waals surface area contributed by atoms with Crippen LogP contribution >= 0.6 is 0 Å². The van der Waals surface area contributed by atoms with Gasteiger partial charge >= 0.3 is 0 Å². The van der Waals surface area contributed by atoms with E-state index in [0.29, 0.717) is 44.6 Å². The van der Waals surface area contributed by atoms with Gasteiger partial charge < -0.3 is 15.5 Å². The van der Waals surface area contributed by atoms with Crippen molar-refractivity contribution in [1.82, 2.24) is 20.7 Å². The molecule has 36 heavy (non-hydrogen) atoms. The fraction of sp³-hybridized carbons (Fsp3) is 0.444. The maximum Gasteiger partial charge on any atom is 0.256 e. The number of carbonyl (C=O) groups excluding carboxylic acids is 3. The average molecular weight is 496 g/mol. The largest absolute Gasteiger partial charge is 0.353 e. The molecular weight excluding hydrogens is 461 g/mol. The Balaban J connectivity index is 1.51. The van der Waals surface area contributed by atoms with Gasteiger partial charge in [0.15, 0.2) is 5.78 Å². The monoisotopic (exact) mass is 495 g/mol. The first-order valence-electron chi connectivity index (χ1n) is 12.4. The van der Waals surface area contributed by atoms with E-state index in [4.69, 9.17) is 0 Å². The van der Waals surface area contributed by atoms with Crippen LogP contribution in [0.1, 0.15) is 46.0 Å². The van der Waals surface area contributed by atoms with Crippen LogP contribution in [0.4, 0.5) is 10.1 Å². The van der Waals surface area contributed by atoms with Crippen molar-refractivity contribution in [3.63, 3.8) is 0 Å². The van der Waals surface area contributed by atoms with Gasteiger partial charge in [0.05, 0.1) is 13.1 Å². The van der Waals surface area contributed by atoms with Gasteiger partial charge in [-0.15, -0.1) is 0 Å². The van der Waals surface area contributed by atoms with E-state index in [1.54, 1.807) is 23.0 Å². The molecule has 0 spiro atoms. The molecule has 2 aromatic rings. The molecule has 4 rings (SSSR count). The maximum absolute atomic E-state index is 14.2. The fourth-order valence-corrected chi connectivity index (χ4v) is 4.85. The molecule has 2 amide bonds. The lowest BCUT2D eigenvalue weighted by atomic mass is 10.0. The molecule has 0 atom stereocenters. The number of benzene rings is 2. The number of nitrogens with zero attached hydrogens (tertiary/aromatic N) is 3. The van der Waals surface area contributed by atoms with E-state index in [1.165, 1.54) is 11.1 Å². The summed E-state index contributed by atoms with van der Waals surface area (Å²) in [5, 5.41) is 9.38. The number of aryl methyl sites for hydroxylation is 2. The van der Waals surface area contributed by atoms with Crippen LogP contribution in [0.5, 0.6) is 0 Å². The quantitative estimate of drug-likeness (QED) is 0.492. The summed E-state index contributed by atoms with van der Waals surface area (Å²) in [4.78, 5) is 40.1. The van der Waals surface area contributed by atoms with E-state index in [1.807, 2.05) is 32.0 Å². The number of rotatable bonds is 10. The summed E-state index contributed by atoms with van der Waals surface area (Å²) in [6, 6.07) is 8.79. The predicted molar refractivity (Wildman–Crippen MR) is 136 cm³/mol. The van der Waals surface area contributed by atoms with Crippen LogP contribution in [0.25, 0.3) is 0 Å². The van der Waals surface area contributed by atoms with E-state index in [0.717, 1.165) is 34.5 Å². The lowest BCUT2D eigenvalue weighted by Crippen LogP contribution is -2.48. The molecule has 192 valence electrons. The van der Waals surface area contributed by atoms with E-state index < -0.39 is 0 Å². The van der Waals surface area contributed by atoms with Crippen molar-refractivity contribution >= 4 is 23.3 Å². The minimum absolute atomic E-state index is 0.00807. The molecule has 1 heterocycles. The van der Waals surface area contributed by atoms with Gasteiger partial charge in [0, 0.05) is 56.5 Å². The van der Waals surface area contributed by atoms with Crippen molar-refractivity contribution in [1.29, 1.82) is 0 Å². The van der Waals surface area contributed by atoms with E-state index in [2.05, 4.69) is 10.6 Å². The zero-order chi connectivity index (χ0) is 25.8. The van der Waals surface area contributed by atoms with Crippen LogP contribution in [0.15, 0.2) is 30.3 Å². The van der Waals surface area contributed by atoms with Crippen molar-refractivity contribution in [2.75, 3.05) is 44.7 Å². The number of amides is 2. The number of anilines is 1. The Labute approximate surface area is 211 Å². The topological polar surface area (TPSA) is 85.0 Å².